The molecule has 0 unspecified atom stereocenters. The van der Waals surface area contributed by atoms with E-state index in [1.54, 1.807) is 0 Å². The first kappa shape index (κ1) is 13.5. The molecule has 1 aromatic heterocycles. The molecule has 21 heavy (non-hydrogen) atoms. The molecule has 0 spiro atoms. The standard InChI is InChI=1S/C19H17NO/c1-13-10-11-17(14(2)20-13)19(21)12-16-8-5-7-15-6-3-4-9-18(15)16/h3-11H,12H2,1-2H3. The van der Waals surface area contributed by atoms with Crippen molar-refractivity contribution in [3.05, 3.63) is 77.1 Å². The van der Waals surface area contributed by atoms with Gasteiger partial charge in [-0.2, -0.15) is 0 Å². The van der Waals surface area contributed by atoms with Gasteiger partial charge in [-0.15, -0.1) is 0 Å². The van der Waals surface area contributed by atoms with Crippen LogP contribution in [0.5, 0.6) is 0 Å². The summed E-state index contributed by atoms with van der Waals surface area (Å²) >= 11 is 0. The Kier molecular flexibility index (Phi) is 3.53. The van der Waals surface area contributed by atoms with E-state index in [4.69, 9.17) is 0 Å². The van der Waals surface area contributed by atoms with Crippen LogP contribution in [0.4, 0.5) is 0 Å². The molecule has 104 valence electrons. The van der Waals surface area contributed by atoms with Gasteiger partial charge in [0.25, 0.3) is 0 Å². The fraction of sp³-hybridized carbons (Fsp3) is 0.158. The number of Topliss-reactive ketones (excluding diaryl/α,β-unsaturated/α-hetero) is 1. The molecule has 0 radical (unpaired) electrons. The van der Waals surface area contributed by atoms with Crippen molar-refractivity contribution in [3.8, 4) is 0 Å². The summed E-state index contributed by atoms with van der Waals surface area (Å²) in [7, 11) is 0. The van der Waals surface area contributed by atoms with Crippen molar-refractivity contribution >= 4 is 16.6 Å². The summed E-state index contributed by atoms with van der Waals surface area (Å²) in [4.78, 5) is 16.9. The number of hydrogen-bond acceptors (Lipinski definition) is 2. The highest BCUT2D eigenvalue weighted by Gasteiger charge is 2.12. The third-order valence-corrected chi connectivity index (χ3v) is 3.76. The van der Waals surface area contributed by atoms with Crippen LogP contribution in [-0.2, 0) is 6.42 Å². The van der Waals surface area contributed by atoms with Crippen molar-refractivity contribution in [2.45, 2.75) is 20.3 Å². The maximum absolute atomic E-state index is 12.5. The first-order chi connectivity index (χ1) is 10.1. The normalized spacial score (nSPS) is 10.8. The molecule has 3 aromatic rings. The summed E-state index contributed by atoms with van der Waals surface area (Å²) in [6.45, 7) is 3.83. The molecule has 0 saturated carbocycles. The summed E-state index contributed by atoms with van der Waals surface area (Å²) in [6, 6.07) is 18.0. The van der Waals surface area contributed by atoms with Gasteiger partial charge in [0.2, 0.25) is 0 Å². The predicted octanol–water partition coefficient (Wildman–Crippen LogP) is 4.28. The number of rotatable bonds is 3. The molecule has 3 rings (SSSR count). The zero-order valence-corrected chi connectivity index (χ0v) is 12.3. The van der Waals surface area contributed by atoms with E-state index in [9.17, 15) is 4.79 Å². The largest absolute Gasteiger partial charge is 0.294 e. The third-order valence-electron chi connectivity index (χ3n) is 3.76. The van der Waals surface area contributed by atoms with Gasteiger partial charge in [0.05, 0.1) is 0 Å². The predicted molar refractivity (Wildman–Crippen MR) is 85.7 cm³/mol. The molecular formula is C19H17NO. The highest BCUT2D eigenvalue weighted by Crippen LogP contribution is 2.20. The van der Waals surface area contributed by atoms with E-state index in [1.165, 1.54) is 5.39 Å². The Morgan fingerprint density at radius 3 is 2.52 bits per heavy atom. The van der Waals surface area contributed by atoms with Crippen molar-refractivity contribution in [3.63, 3.8) is 0 Å². The molecule has 0 saturated heterocycles. The van der Waals surface area contributed by atoms with Crippen LogP contribution in [0.25, 0.3) is 10.8 Å². The zero-order valence-electron chi connectivity index (χ0n) is 12.3. The summed E-state index contributed by atoms with van der Waals surface area (Å²) in [6.07, 6.45) is 0.410. The Hall–Kier alpha value is -2.48. The minimum atomic E-state index is 0.122. The number of benzene rings is 2. The molecule has 0 N–H and O–H groups in total. The zero-order chi connectivity index (χ0) is 14.8. The van der Waals surface area contributed by atoms with Crippen LogP contribution in [0.3, 0.4) is 0 Å². The highest BCUT2D eigenvalue weighted by molar-refractivity contribution is 6.00. The maximum atomic E-state index is 12.5. The second kappa shape index (κ2) is 5.49. The van der Waals surface area contributed by atoms with E-state index >= 15 is 0 Å². The molecule has 0 amide bonds. The third kappa shape index (κ3) is 2.70. The number of hydrogen-bond donors (Lipinski definition) is 0. The average molecular weight is 275 g/mol. The number of aryl methyl sites for hydroxylation is 2. The second-order valence-corrected chi connectivity index (χ2v) is 5.32. The van der Waals surface area contributed by atoms with E-state index in [0.29, 0.717) is 12.0 Å². The van der Waals surface area contributed by atoms with Crippen LogP contribution < -0.4 is 0 Å². The lowest BCUT2D eigenvalue weighted by Crippen LogP contribution is -2.07. The summed E-state index contributed by atoms with van der Waals surface area (Å²) in [5.41, 5.74) is 3.53. The fourth-order valence-electron chi connectivity index (χ4n) is 2.70. The van der Waals surface area contributed by atoms with Crippen LogP contribution in [0.2, 0.25) is 0 Å². The Balaban J connectivity index is 1.97. The minimum Gasteiger partial charge on any atom is -0.294 e. The summed E-state index contributed by atoms with van der Waals surface area (Å²) < 4.78 is 0. The van der Waals surface area contributed by atoms with Gasteiger partial charge in [-0.3, -0.25) is 9.78 Å². The second-order valence-electron chi connectivity index (χ2n) is 5.32. The first-order valence-corrected chi connectivity index (χ1v) is 7.09. The highest BCUT2D eigenvalue weighted by atomic mass is 16.1. The van der Waals surface area contributed by atoms with Crippen molar-refractivity contribution in [1.82, 2.24) is 4.98 Å². The summed E-state index contributed by atoms with van der Waals surface area (Å²) in [5, 5.41) is 2.31. The lowest BCUT2D eigenvalue weighted by molar-refractivity contribution is 0.0992. The van der Waals surface area contributed by atoms with Crippen LogP contribution >= 0.6 is 0 Å². The number of fused-ring (bicyclic) bond motifs is 1. The number of carbonyl (C=O) groups is 1. The Bertz CT molecular complexity index is 815. The lowest BCUT2D eigenvalue weighted by Gasteiger charge is -2.08. The van der Waals surface area contributed by atoms with Gasteiger partial charge in [-0.1, -0.05) is 42.5 Å². The van der Waals surface area contributed by atoms with Crippen LogP contribution in [-0.4, -0.2) is 10.8 Å². The fourth-order valence-corrected chi connectivity index (χ4v) is 2.70. The maximum Gasteiger partial charge on any atom is 0.169 e. The molecule has 2 aromatic carbocycles. The van der Waals surface area contributed by atoms with Crippen LogP contribution in [0.1, 0.15) is 27.3 Å². The lowest BCUT2D eigenvalue weighted by atomic mass is 9.97. The number of ketones is 1. The molecule has 0 aliphatic rings. The van der Waals surface area contributed by atoms with Gasteiger partial charge in [0.1, 0.15) is 0 Å². The van der Waals surface area contributed by atoms with Crippen molar-refractivity contribution in [1.29, 1.82) is 0 Å². The Labute approximate surface area is 124 Å². The van der Waals surface area contributed by atoms with E-state index < -0.39 is 0 Å². The Morgan fingerprint density at radius 1 is 0.952 bits per heavy atom. The molecule has 1 heterocycles. The first-order valence-electron chi connectivity index (χ1n) is 7.09. The molecule has 0 fully saturated rings. The minimum absolute atomic E-state index is 0.122. The smallest absolute Gasteiger partial charge is 0.169 e. The Morgan fingerprint density at radius 2 is 1.71 bits per heavy atom. The van der Waals surface area contributed by atoms with Gasteiger partial charge in [0.15, 0.2) is 5.78 Å². The van der Waals surface area contributed by atoms with Gasteiger partial charge in [-0.25, -0.2) is 0 Å². The van der Waals surface area contributed by atoms with Gasteiger partial charge in [-0.05, 0) is 42.3 Å². The van der Waals surface area contributed by atoms with Gasteiger partial charge < -0.3 is 0 Å². The molecule has 2 nitrogen and oxygen atoms in total. The molecule has 2 heteroatoms. The van der Waals surface area contributed by atoms with E-state index in [1.807, 2.05) is 50.2 Å². The van der Waals surface area contributed by atoms with E-state index in [2.05, 4.69) is 23.2 Å². The van der Waals surface area contributed by atoms with Crippen molar-refractivity contribution in [2.24, 2.45) is 0 Å². The molecule has 0 aliphatic heterocycles. The molecular weight excluding hydrogens is 258 g/mol. The average Bonchev–Trinajstić information content (AvgIpc) is 2.47. The van der Waals surface area contributed by atoms with Crippen LogP contribution in [0, 0.1) is 13.8 Å². The number of carbonyl (C=O) groups excluding carboxylic acids is 1. The monoisotopic (exact) mass is 275 g/mol. The van der Waals surface area contributed by atoms with E-state index in [-0.39, 0.29) is 5.78 Å². The molecule has 0 atom stereocenters. The van der Waals surface area contributed by atoms with Crippen LogP contribution in [0.15, 0.2) is 54.6 Å². The number of aromatic nitrogens is 1. The quantitative estimate of drug-likeness (QED) is 0.668. The van der Waals surface area contributed by atoms with Gasteiger partial charge >= 0.3 is 0 Å². The number of pyridine rings is 1. The topological polar surface area (TPSA) is 30.0 Å². The van der Waals surface area contributed by atoms with Gasteiger partial charge in [0, 0.05) is 23.4 Å². The number of nitrogens with zero attached hydrogens (tertiary/aromatic N) is 1. The molecule has 0 aliphatic carbocycles. The van der Waals surface area contributed by atoms with Crippen molar-refractivity contribution in [2.75, 3.05) is 0 Å². The van der Waals surface area contributed by atoms with E-state index in [0.717, 1.165) is 22.3 Å². The van der Waals surface area contributed by atoms with Crippen molar-refractivity contribution < 1.29 is 4.79 Å². The molecule has 0 bridgehead atoms. The summed E-state index contributed by atoms with van der Waals surface area (Å²) in [5.74, 6) is 0.122. The SMILES string of the molecule is Cc1ccc(C(=O)Cc2cccc3ccccc23)c(C)n1.